The van der Waals surface area contributed by atoms with Gasteiger partial charge in [-0.2, -0.15) is 0 Å². The van der Waals surface area contributed by atoms with E-state index < -0.39 is 0 Å². The van der Waals surface area contributed by atoms with Crippen LogP contribution in [0.5, 0.6) is 0 Å². The number of likely N-dealkylation sites (N-methyl/N-ethyl adjacent to an activating group) is 1. The van der Waals surface area contributed by atoms with Crippen molar-refractivity contribution in [2.24, 2.45) is 0 Å². The number of hydrogen-bond acceptors (Lipinski definition) is 4. The zero-order chi connectivity index (χ0) is 13.7. The van der Waals surface area contributed by atoms with E-state index in [0.29, 0.717) is 13.0 Å². The highest BCUT2D eigenvalue weighted by Gasteiger charge is 2.21. The van der Waals surface area contributed by atoms with Gasteiger partial charge in [0.25, 0.3) is 0 Å². The minimum absolute atomic E-state index is 0.0967. The fourth-order valence-corrected chi connectivity index (χ4v) is 2.80. The number of rotatable bonds is 3. The van der Waals surface area contributed by atoms with Gasteiger partial charge in [0.05, 0.1) is 13.2 Å². The van der Waals surface area contributed by atoms with Gasteiger partial charge in [0.15, 0.2) is 0 Å². The highest BCUT2D eigenvalue weighted by Crippen LogP contribution is 2.19. The summed E-state index contributed by atoms with van der Waals surface area (Å²) in [4.78, 5) is 16.8. The van der Waals surface area contributed by atoms with Crippen LogP contribution in [0.1, 0.15) is 16.9 Å². The van der Waals surface area contributed by atoms with Crippen molar-refractivity contribution in [2.45, 2.75) is 13.0 Å². The smallest absolute Gasteiger partial charge is 0.236 e. The number of hydrogen-bond donors (Lipinski definition) is 1. The molecule has 1 aliphatic rings. The summed E-state index contributed by atoms with van der Waals surface area (Å²) in [6.07, 6.45) is 0.502. The fraction of sp³-hybridized carbons (Fsp3) is 0.500. The molecule has 4 nitrogen and oxygen atoms in total. The van der Waals surface area contributed by atoms with Crippen LogP contribution in [0.2, 0.25) is 0 Å². The summed E-state index contributed by atoms with van der Waals surface area (Å²) in [5.74, 6) is 6.20. The Morgan fingerprint density at radius 3 is 3.05 bits per heavy atom. The van der Waals surface area contributed by atoms with Crippen molar-refractivity contribution < 1.29 is 9.90 Å². The SMILES string of the molecule is CN1CCN(Cc2sccc2C#CCCO)CC1=O. The third-order valence-electron chi connectivity index (χ3n) is 3.11. The van der Waals surface area contributed by atoms with E-state index in [4.69, 9.17) is 5.11 Å². The summed E-state index contributed by atoms with van der Waals surface area (Å²) < 4.78 is 0. The van der Waals surface area contributed by atoms with E-state index in [1.807, 2.05) is 18.5 Å². The van der Waals surface area contributed by atoms with Crippen LogP contribution in [0.25, 0.3) is 0 Å². The van der Waals surface area contributed by atoms with Crippen LogP contribution in [-0.2, 0) is 11.3 Å². The van der Waals surface area contributed by atoms with Gasteiger partial charge in [-0.1, -0.05) is 11.8 Å². The Hall–Kier alpha value is -1.35. The molecule has 0 aliphatic carbocycles. The van der Waals surface area contributed by atoms with Crippen LogP contribution in [0.15, 0.2) is 11.4 Å². The summed E-state index contributed by atoms with van der Waals surface area (Å²) in [5.41, 5.74) is 1.02. The number of nitrogens with zero attached hydrogens (tertiary/aromatic N) is 2. The van der Waals surface area contributed by atoms with Crippen molar-refractivity contribution in [1.82, 2.24) is 9.80 Å². The maximum absolute atomic E-state index is 11.7. The lowest BCUT2D eigenvalue weighted by Crippen LogP contribution is -2.47. The monoisotopic (exact) mass is 278 g/mol. The standard InChI is InChI=1S/C14H18N2O2S/c1-15-6-7-16(11-14(15)18)10-13-12(5-9-19-13)4-2-3-8-17/h5,9,17H,3,6-8,10-11H2,1H3. The molecule has 0 saturated carbocycles. The zero-order valence-electron chi connectivity index (χ0n) is 11.1. The second kappa shape index (κ2) is 6.71. The molecule has 2 rings (SSSR count). The Kier molecular flexibility index (Phi) is 4.97. The normalized spacial score (nSPS) is 16.3. The molecule has 1 fully saturated rings. The lowest BCUT2D eigenvalue weighted by Gasteiger charge is -2.31. The Balaban J connectivity index is 1.98. The van der Waals surface area contributed by atoms with Crippen LogP contribution in [0.3, 0.4) is 0 Å². The minimum Gasteiger partial charge on any atom is -0.395 e. The Labute approximate surface area is 117 Å². The number of carbonyl (C=O) groups is 1. The molecule has 1 aromatic rings. The number of carbonyl (C=O) groups excluding carboxylic acids is 1. The van der Waals surface area contributed by atoms with E-state index >= 15 is 0 Å². The van der Waals surface area contributed by atoms with E-state index in [1.165, 1.54) is 4.88 Å². The lowest BCUT2D eigenvalue weighted by molar-refractivity contribution is -0.134. The first kappa shape index (κ1) is 14.1. The van der Waals surface area contributed by atoms with Gasteiger partial charge < -0.3 is 10.0 Å². The first-order chi connectivity index (χ1) is 9.20. The van der Waals surface area contributed by atoms with E-state index in [1.54, 1.807) is 16.2 Å². The Morgan fingerprint density at radius 2 is 2.32 bits per heavy atom. The molecule has 1 N–H and O–H groups in total. The predicted octanol–water partition coefficient (Wildman–Crippen LogP) is 0.756. The first-order valence-electron chi connectivity index (χ1n) is 6.33. The van der Waals surface area contributed by atoms with E-state index in [-0.39, 0.29) is 12.5 Å². The molecule has 0 unspecified atom stereocenters. The molecule has 0 bridgehead atoms. The molecule has 0 aromatic carbocycles. The third-order valence-corrected chi connectivity index (χ3v) is 4.01. The highest BCUT2D eigenvalue weighted by atomic mass is 32.1. The third kappa shape index (κ3) is 3.80. The van der Waals surface area contributed by atoms with Crippen molar-refractivity contribution in [3.8, 4) is 11.8 Å². The van der Waals surface area contributed by atoms with Gasteiger partial charge in [0.2, 0.25) is 5.91 Å². The fourth-order valence-electron chi connectivity index (χ4n) is 1.93. The maximum atomic E-state index is 11.7. The van der Waals surface area contributed by atoms with Gasteiger partial charge in [-0.05, 0) is 11.4 Å². The lowest BCUT2D eigenvalue weighted by atomic mass is 10.2. The molecule has 19 heavy (non-hydrogen) atoms. The average Bonchev–Trinajstić information content (AvgIpc) is 2.82. The second-order valence-electron chi connectivity index (χ2n) is 4.56. The molecule has 2 heterocycles. The molecule has 1 amide bonds. The van der Waals surface area contributed by atoms with Crippen molar-refractivity contribution >= 4 is 17.2 Å². The van der Waals surface area contributed by atoms with Crippen molar-refractivity contribution in [3.63, 3.8) is 0 Å². The molecular formula is C14H18N2O2S. The predicted molar refractivity (Wildman–Crippen MR) is 75.8 cm³/mol. The van der Waals surface area contributed by atoms with Gasteiger partial charge in [-0.25, -0.2) is 0 Å². The molecule has 1 aliphatic heterocycles. The summed E-state index contributed by atoms with van der Waals surface area (Å²) in [7, 11) is 1.84. The number of aliphatic hydroxyl groups is 1. The van der Waals surface area contributed by atoms with E-state index in [2.05, 4.69) is 16.7 Å². The highest BCUT2D eigenvalue weighted by molar-refractivity contribution is 7.10. The van der Waals surface area contributed by atoms with Crippen LogP contribution in [-0.4, -0.2) is 54.1 Å². The molecule has 1 saturated heterocycles. The molecule has 0 atom stereocenters. The van der Waals surface area contributed by atoms with Gasteiger partial charge >= 0.3 is 0 Å². The quantitative estimate of drug-likeness (QED) is 0.830. The molecule has 1 aromatic heterocycles. The van der Waals surface area contributed by atoms with Crippen molar-refractivity contribution in [2.75, 3.05) is 33.3 Å². The van der Waals surface area contributed by atoms with Crippen LogP contribution in [0, 0.1) is 11.8 Å². The number of thiophene rings is 1. The Morgan fingerprint density at radius 1 is 1.47 bits per heavy atom. The van der Waals surface area contributed by atoms with Gasteiger partial charge in [-0.3, -0.25) is 9.69 Å². The van der Waals surface area contributed by atoms with E-state index in [9.17, 15) is 4.79 Å². The van der Waals surface area contributed by atoms with Crippen LogP contribution in [0.4, 0.5) is 0 Å². The maximum Gasteiger partial charge on any atom is 0.236 e. The minimum atomic E-state index is 0.0967. The molecule has 102 valence electrons. The molecule has 0 radical (unpaired) electrons. The average molecular weight is 278 g/mol. The van der Waals surface area contributed by atoms with Crippen molar-refractivity contribution in [3.05, 3.63) is 21.9 Å². The summed E-state index contributed by atoms with van der Waals surface area (Å²) in [6, 6.07) is 2.00. The summed E-state index contributed by atoms with van der Waals surface area (Å²) >= 11 is 1.67. The summed E-state index contributed by atoms with van der Waals surface area (Å²) in [6.45, 7) is 3.05. The van der Waals surface area contributed by atoms with Gasteiger partial charge in [0.1, 0.15) is 0 Å². The summed E-state index contributed by atoms with van der Waals surface area (Å²) in [5, 5.41) is 10.8. The number of piperazine rings is 1. The van der Waals surface area contributed by atoms with E-state index in [0.717, 1.165) is 25.2 Å². The largest absolute Gasteiger partial charge is 0.395 e. The topological polar surface area (TPSA) is 43.8 Å². The molecule has 5 heteroatoms. The second-order valence-corrected chi connectivity index (χ2v) is 5.56. The first-order valence-corrected chi connectivity index (χ1v) is 7.21. The van der Waals surface area contributed by atoms with Crippen molar-refractivity contribution in [1.29, 1.82) is 0 Å². The van der Waals surface area contributed by atoms with Crippen LogP contribution < -0.4 is 0 Å². The van der Waals surface area contributed by atoms with Gasteiger partial charge in [-0.15, -0.1) is 11.3 Å². The Bertz CT molecular complexity index is 501. The zero-order valence-corrected chi connectivity index (χ0v) is 11.9. The van der Waals surface area contributed by atoms with Gasteiger partial charge in [0, 0.05) is 43.5 Å². The molecular weight excluding hydrogens is 260 g/mol. The number of aliphatic hydroxyl groups excluding tert-OH is 1. The molecule has 0 spiro atoms. The number of amides is 1. The van der Waals surface area contributed by atoms with Crippen LogP contribution >= 0.6 is 11.3 Å².